The van der Waals surface area contributed by atoms with Gasteiger partial charge in [-0.1, -0.05) is 18.2 Å². The number of nitrogens with two attached hydrogens (primary N) is 1. The van der Waals surface area contributed by atoms with Crippen LogP contribution < -0.4 is 10.5 Å². The first-order chi connectivity index (χ1) is 9.44. The van der Waals surface area contributed by atoms with E-state index < -0.39 is 10.0 Å². The number of nitriles is 1. The number of rotatable bonds is 3. The minimum absolute atomic E-state index is 0.0672. The number of nitrogens with one attached hydrogen (secondary N) is 1. The number of benzene rings is 2. The predicted molar refractivity (Wildman–Crippen MR) is 77.6 cm³/mol. The molecule has 0 spiro atoms. The Morgan fingerprint density at radius 2 is 1.90 bits per heavy atom. The second-order valence-electron chi connectivity index (χ2n) is 4.30. The molecule has 0 aliphatic carbocycles. The van der Waals surface area contributed by atoms with Crippen LogP contribution in [0.3, 0.4) is 0 Å². The molecule has 0 saturated carbocycles. The summed E-state index contributed by atoms with van der Waals surface area (Å²) < 4.78 is 27.0. The quantitative estimate of drug-likeness (QED) is 0.846. The van der Waals surface area contributed by atoms with Crippen molar-refractivity contribution in [2.75, 3.05) is 10.5 Å². The largest absolute Gasteiger partial charge is 0.397 e. The fourth-order valence-electron chi connectivity index (χ4n) is 1.77. The van der Waals surface area contributed by atoms with Gasteiger partial charge in [0.1, 0.15) is 11.0 Å². The summed E-state index contributed by atoms with van der Waals surface area (Å²) in [7, 11) is -3.84. The average molecular weight is 287 g/mol. The molecule has 102 valence electrons. The van der Waals surface area contributed by atoms with Crippen LogP contribution in [0.1, 0.15) is 11.1 Å². The van der Waals surface area contributed by atoms with Gasteiger partial charge in [0, 0.05) is 0 Å². The second-order valence-corrected chi connectivity index (χ2v) is 5.95. The third-order valence-corrected chi connectivity index (χ3v) is 4.17. The number of aryl methyl sites for hydroxylation is 1. The first kappa shape index (κ1) is 13.9. The first-order valence-electron chi connectivity index (χ1n) is 5.82. The molecule has 0 atom stereocenters. The van der Waals surface area contributed by atoms with Gasteiger partial charge >= 0.3 is 0 Å². The zero-order valence-electron chi connectivity index (χ0n) is 10.8. The van der Waals surface area contributed by atoms with E-state index in [0.717, 1.165) is 5.56 Å². The Balaban J connectivity index is 2.44. The summed E-state index contributed by atoms with van der Waals surface area (Å²) in [5.41, 5.74) is 7.44. The molecule has 6 heteroatoms. The Hall–Kier alpha value is -2.52. The van der Waals surface area contributed by atoms with Crippen molar-refractivity contribution < 1.29 is 8.42 Å². The SMILES string of the molecule is Cc1ccc(NS(=O)(=O)c2ccccc2C#N)c(N)c1. The van der Waals surface area contributed by atoms with Crippen LogP contribution in [-0.2, 0) is 10.0 Å². The summed E-state index contributed by atoms with van der Waals surface area (Å²) in [4.78, 5) is -0.0672. The summed E-state index contributed by atoms with van der Waals surface area (Å²) in [5, 5.41) is 8.97. The van der Waals surface area contributed by atoms with Crippen molar-refractivity contribution >= 4 is 21.4 Å². The molecule has 0 amide bonds. The molecule has 0 unspecified atom stereocenters. The van der Waals surface area contributed by atoms with E-state index >= 15 is 0 Å². The van der Waals surface area contributed by atoms with E-state index in [1.807, 2.05) is 13.0 Å². The van der Waals surface area contributed by atoms with Gasteiger partial charge in [0.15, 0.2) is 0 Å². The van der Waals surface area contributed by atoms with E-state index in [2.05, 4.69) is 4.72 Å². The van der Waals surface area contributed by atoms with Crippen LogP contribution in [-0.4, -0.2) is 8.42 Å². The summed E-state index contributed by atoms with van der Waals surface area (Å²) in [6, 6.07) is 12.9. The Kier molecular flexibility index (Phi) is 3.63. The van der Waals surface area contributed by atoms with Gasteiger partial charge in [-0.3, -0.25) is 4.72 Å². The Labute approximate surface area is 117 Å². The van der Waals surface area contributed by atoms with Crippen molar-refractivity contribution in [1.29, 1.82) is 5.26 Å². The molecule has 5 nitrogen and oxygen atoms in total. The van der Waals surface area contributed by atoms with Crippen LogP contribution in [0.4, 0.5) is 11.4 Å². The molecule has 0 aliphatic heterocycles. The summed E-state index contributed by atoms with van der Waals surface area (Å²) in [6.45, 7) is 1.86. The third kappa shape index (κ3) is 2.73. The molecule has 0 aliphatic rings. The molecule has 0 bridgehead atoms. The van der Waals surface area contributed by atoms with Crippen LogP contribution in [0.5, 0.6) is 0 Å². The number of nitrogens with zero attached hydrogens (tertiary/aromatic N) is 1. The lowest BCUT2D eigenvalue weighted by Gasteiger charge is -2.11. The lowest BCUT2D eigenvalue weighted by atomic mass is 10.2. The van der Waals surface area contributed by atoms with Gasteiger partial charge in [-0.15, -0.1) is 0 Å². The minimum atomic E-state index is -3.84. The highest BCUT2D eigenvalue weighted by molar-refractivity contribution is 7.92. The van der Waals surface area contributed by atoms with Crippen molar-refractivity contribution in [3.8, 4) is 6.07 Å². The van der Waals surface area contributed by atoms with E-state index in [1.165, 1.54) is 12.1 Å². The second kappa shape index (κ2) is 5.23. The van der Waals surface area contributed by atoms with E-state index in [9.17, 15) is 8.42 Å². The van der Waals surface area contributed by atoms with Crippen molar-refractivity contribution in [2.45, 2.75) is 11.8 Å². The molecule has 0 saturated heterocycles. The van der Waals surface area contributed by atoms with Crippen LogP contribution in [0.2, 0.25) is 0 Å². The highest BCUT2D eigenvalue weighted by Crippen LogP contribution is 2.24. The number of sulfonamides is 1. The van der Waals surface area contributed by atoms with Gasteiger partial charge in [0.25, 0.3) is 10.0 Å². The Morgan fingerprint density at radius 3 is 2.55 bits per heavy atom. The van der Waals surface area contributed by atoms with Gasteiger partial charge < -0.3 is 5.73 Å². The zero-order chi connectivity index (χ0) is 14.8. The topological polar surface area (TPSA) is 96.0 Å². The van der Waals surface area contributed by atoms with Gasteiger partial charge in [-0.05, 0) is 36.8 Å². The molecule has 2 rings (SSSR count). The van der Waals surface area contributed by atoms with Gasteiger partial charge in [-0.25, -0.2) is 8.42 Å². The monoisotopic (exact) mass is 287 g/mol. The molecule has 3 N–H and O–H groups in total. The molecule has 0 fully saturated rings. The maximum absolute atomic E-state index is 12.3. The fourth-order valence-corrected chi connectivity index (χ4v) is 3.01. The Bertz CT molecular complexity index is 792. The van der Waals surface area contributed by atoms with E-state index in [-0.39, 0.29) is 10.5 Å². The van der Waals surface area contributed by atoms with Crippen LogP contribution in [0, 0.1) is 18.3 Å². The van der Waals surface area contributed by atoms with E-state index in [1.54, 1.807) is 30.3 Å². The predicted octanol–water partition coefficient (Wildman–Crippen LogP) is 2.25. The molecule has 0 aromatic heterocycles. The smallest absolute Gasteiger partial charge is 0.263 e. The maximum atomic E-state index is 12.3. The fraction of sp³-hybridized carbons (Fsp3) is 0.0714. The Morgan fingerprint density at radius 1 is 1.20 bits per heavy atom. The van der Waals surface area contributed by atoms with E-state index in [4.69, 9.17) is 11.0 Å². The standard InChI is InChI=1S/C14H13N3O2S/c1-10-6-7-13(12(16)8-10)17-20(18,19)14-5-3-2-4-11(14)9-15/h2-8,17H,16H2,1H3. The molecule has 2 aromatic carbocycles. The third-order valence-electron chi connectivity index (χ3n) is 2.75. The molecule has 0 radical (unpaired) electrons. The number of hydrogen-bond acceptors (Lipinski definition) is 4. The lowest BCUT2D eigenvalue weighted by molar-refractivity contribution is 0.601. The molecule has 0 heterocycles. The number of nitrogen functional groups attached to an aromatic ring is 1. The van der Waals surface area contributed by atoms with Crippen molar-refractivity contribution in [3.63, 3.8) is 0 Å². The number of anilines is 2. The van der Waals surface area contributed by atoms with Crippen LogP contribution >= 0.6 is 0 Å². The van der Waals surface area contributed by atoms with Crippen molar-refractivity contribution in [3.05, 3.63) is 53.6 Å². The van der Waals surface area contributed by atoms with Gasteiger partial charge in [-0.2, -0.15) is 5.26 Å². The van der Waals surface area contributed by atoms with Gasteiger partial charge in [0.05, 0.1) is 16.9 Å². The highest BCUT2D eigenvalue weighted by Gasteiger charge is 2.19. The first-order valence-corrected chi connectivity index (χ1v) is 7.30. The van der Waals surface area contributed by atoms with Crippen molar-refractivity contribution in [1.82, 2.24) is 0 Å². The molecular weight excluding hydrogens is 274 g/mol. The number of hydrogen-bond donors (Lipinski definition) is 2. The average Bonchev–Trinajstić information content (AvgIpc) is 2.42. The minimum Gasteiger partial charge on any atom is -0.397 e. The van der Waals surface area contributed by atoms with Gasteiger partial charge in [0.2, 0.25) is 0 Å². The molecular formula is C14H13N3O2S. The van der Waals surface area contributed by atoms with Crippen molar-refractivity contribution in [2.24, 2.45) is 0 Å². The molecule has 20 heavy (non-hydrogen) atoms. The lowest BCUT2D eigenvalue weighted by Crippen LogP contribution is -2.15. The highest BCUT2D eigenvalue weighted by atomic mass is 32.2. The van der Waals surface area contributed by atoms with Crippen LogP contribution in [0.25, 0.3) is 0 Å². The normalized spacial score (nSPS) is 10.8. The summed E-state index contributed by atoms with van der Waals surface area (Å²) in [6.07, 6.45) is 0. The zero-order valence-corrected chi connectivity index (χ0v) is 11.6. The molecule has 2 aromatic rings. The van der Waals surface area contributed by atoms with Crippen LogP contribution in [0.15, 0.2) is 47.4 Å². The summed E-state index contributed by atoms with van der Waals surface area (Å²) >= 11 is 0. The summed E-state index contributed by atoms with van der Waals surface area (Å²) in [5.74, 6) is 0. The van der Waals surface area contributed by atoms with E-state index in [0.29, 0.717) is 11.4 Å². The maximum Gasteiger partial charge on any atom is 0.263 e.